The van der Waals surface area contributed by atoms with E-state index >= 15 is 0 Å². The molecule has 2 aromatic heterocycles. The zero-order chi connectivity index (χ0) is 25.2. The first-order valence-electron chi connectivity index (χ1n) is 11.8. The van der Waals surface area contributed by atoms with Crippen LogP contribution in [0.4, 0.5) is 0 Å². The minimum atomic E-state index is -3.78. The van der Waals surface area contributed by atoms with E-state index in [1.807, 2.05) is 13.8 Å². The lowest BCUT2D eigenvalue weighted by Gasteiger charge is -2.37. The third-order valence-corrected chi connectivity index (χ3v) is 7.69. The Morgan fingerprint density at radius 3 is 2.71 bits per heavy atom. The average molecular weight is 506 g/mol. The molecule has 3 aromatic rings. The number of hydrogen-bond donors (Lipinski definition) is 2. The SMILES string of the molecule is CCCc1nn(C)c2c(=O)[nH]c(-c3cc(S(=O)(=O)N4CC(OCCCO)C4)ccc3OCC)nc12. The quantitative estimate of drug-likeness (QED) is 0.373. The van der Waals surface area contributed by atoms with E-state index in [0.29, 0.717) is 54.1 Å². The highest BCUT2D eigenvalue weighted by Gasteiger charge is 2.37. The molecule has 35 heavy (non-hydrogen) atoms. The fourth-order valence-electron chi connectivity index (χ4n) is 4.08. The van der Waals surface area contributed by atoms with Crippen molar-refractivity contribution in [1.29, 1.82) is 0 Å². The van der Waals surface area contributed by atoms with E-state index in [0.717, 1.165) is 6.42 Å². The molecule has 11 nitrogen and oxygen atoms in total. The summed E-state index contributed by atoms with van der Waals surface area (Å²) in [4.78, 5) is 20.4. The van der Waals surface area contributed by atoms with Crippen molar-refractivity contribution in [2.45, 2.75) is 44.1 Å². The number of sulfonamides is 1. The van der Waals surface area contributed by atoms with Crippen LogP contribution in [0.3, 0.4) is 0 Å². The number of aliphatic hydroxyl groups is 1. The van der Waals surface area contributed by atoms with Crippen molar-refractivity contribution in [2.24, 2.45) is 7.05 Å². The number of rotatable bonds is 11. The van der Waals surface area contributed by atoms with Crippen LogP contribution >= 0.6 is 0 Å². The normalized spacial score (nSPS) is 15.0. The van der Waals surface area contributed by atoms with Gasteiger partial charge in [-0.3, -0.25) is 9.48 Å². The average Bonchev–Trinajstić information content (AvgIpc) is 3.11. The zero-order valence-electron chi connectivity index (χ0n) is 20.2. The first-order valence-corrected chi connectivity index (χ1v) is 13.2. The summed E-state index contributed by atoms with van der Waals surface area (Å²) in [6.07, 6.45) is 1.82. The minimum Gasteiger partial charge on any atom is -0.493 e. The van der Waals surface area contributed by atoms with E-state index < -0.39 is 10.0 Å². The molecule has 0 radical (unpaired) electrons. The Morgan fingerprint density at radius 2 is 2.03 bits per heavy atom. The van der Waals surface area contributed by atoms with E-state index in [9.17, 15) is 13.2 Å². The van der Waals surface area contributed by atoms with Crippen LogP contribution in [0, 0.1) is 0 Å². The molecule has 0 aliphatic carbocycles. The number of fused-ring (bicyclic) bond motifs is 1. The standard InChI is InChI=1S/C23H31N5O6S/c1-4-7-18-20-21(27(3)26-18)23(30)25-22(24-20)17-12-16(8-9-19(17)33-5-2)35(31,32)28-13-15(14-28)34-11-6-10-29/h8-9,12,15,29H,4-7,10-11,13-14H2,1-3H3,(H,24,25,30). The molecule has 1 saturated heterocycles. The molecule has 2 N–H and O–H groups in total. The highest BCUT2D eigenvalue weighted by atomic mass is 32.2. The van der Waals surface area contributed by atoms with E-state index in [-0.39, 0.29) is 42.1 Å². The fraction of sp³-hybridized carbons (Fsp3) is 0.522. The first kappa shape index (κ1) is 25.3. The van der Waals surface area contributed by atoms with E-state index in [1.165, 1.54) is 21.1 Å². The number of benzene rings is 1. The topological polar surface area (TPSA) is 140 Å². The van der Waals surface area contributed by atoms with Crippen LogP contribution in [0.2, 0.25) is 0 Å². The number of nitrogens with one attached hydrogen (secondary N) is 1. The van der Waals surface area contributed by atoms with Crippen molar-refractivity contribution >= 4 is 21.1 Å². The second kappa shape index (κ2) is 10.4. The van der Waals surface area contributed by atoms with Crippen LogP contribution in [-0.2, 0) is 28.2 Å². The maximum atomic E-state index is 13.2. The molecule has 0 saturated carbocycles. The Labute approximate surface area is 203 Å². The van der Waals surface area contributed by atoms with Crippen molar-refractivity contribution in [2.75, 3.05) is 32.9 Å². The molecule has 190 valence electrons. The molecule has 1 fully saturated rings. The molecule has 0 atom stereocenters. The highest BCUT2D eigenvalue weighted by molar-refractivity contribution is 7.89. The van der Waals surface area contributed by atoms with Crippen molar-refractivity contribution in [3.05, 3.63) is 34.2 Å². The van der Waals surface area contributed by atoms with Gasteiger partial charge in [-0.05, 0) is 38.0 Å². The number of H-pyrrole nitrogens is 1. The van der Waals surface area contributed by atoms with Gasteiger partial charge in [0.1, 0.15) is 17.1 Å². The van der Waals surface area contributed by atoms with Gasteiger partial charge in [0.25, 0.3) is 5.56 Å². The van der Waals surface area contributed by atoms with Crippen molar-refractivity contribution in [3.63, 3.8) is 0 Å². The monoisotopic (exact) mass is 505 g/mol. The molecule has 1 aromatic carbocycles. The van der Waals surface area contributed by atoms with E-state index in [2.05, 4.69) is 15.1 Å². The zero-order valence-corrected chi connectivity index (χ0v) is 21.0. The van der Waals surface area contributed by atoms with Gasteiger partial charge >= 0.3 is 0 Å². The third-order valence-electron chi connectivity index (χ3n) is 5.86. The van der Waals surface area contributed by atoms with E-state index in [4.69, 9.17) is 14.6 Å². The molecule has 0 spiro atoms. The van der Waals surface area contributed by atoms with Crippen molar-refractivity contribution in [1.82, 2.24) is 24.1 Å². The van der Waals surface area contributed by atoms with Crippen LogP contribution in [0.1, 0.15) is 32.4 Å². The van der Waals surface area contributed by atoms with Crippen LogP contribution in [-0.4, -0.2) is 76.6 Å². The number of aryl methyl sites for hydroxylation is 2. The van der Waals surface area contributed by atoms with Gasteiger partial charge < -0.3 is 19.6 Å². The third kappa shape index (κ3) is 4.96. The second-order valence-electron chi connectivity index (χ2n) is 8.42. The largest absolute Gasteiger partial charge is 0.493 e. The lowest BCUT2D eigenvalue weighted by molar-refractivity contribution is -0.0241. The first-order chi connectivity index (χ1) is 16.8. The Bertz CT molecular complexity index is 1360. The van der Waals surface area contributed by atoms with Gasteiger partial charge in [0.15, 0.2) is 5.52 Å². The van der Waals surface area contributed by atoms with Gasteiger partial charge in [0.2, 0.25) is 10.0 Å². The summed E-state index contributed by atoms with van der Waals surface area (Å²) in [6.45, 7) is 5.11. The molecule has 12 heteroatoms. The molecule has 1 aliphatic heterocycles. The van der Waals surface area contributed by atoms with Gasteiger partial charge in [-0.15, -0.1) is 0 Å². The van der Waals surface area contributed by atoms with Crippen LogP contribution < -0.4 is 10.3 Å². The summed E-state index contributed by atoms with van der Waals surface area (Å²) in [6, 6.07) is 4.56. The summed E-state index contributed by atoms with van der Waals surface area (Å²) in [7, 11) is -2.08. The second-order valence-corrected chi connectivity index (χ2v) is 10.4. The van der Waals surface area contributed by atoms with Crippen molar-refractivity contribution < 1.29 is 23.0 Å². The Morgan fingerprint density at radius 1 is 1.26 bits per heavy atom. The summed E-state index contributed by atoms with van der Waals surface area (Å²) in [5, 5.41) is 13.3. The molecule has 0 amide bonds. The van der Waals surface area contributed by atoms with Gasteiger partial charge in [-0.2, -0.15) is 9.40 Å². The van der Waals surface area contributed by atoms with Gasteiger partial charge in [-0.25, -0.2) is 13.4 Å². The molecular weight excluding hydrogens is 474 g/mol. The lowest BCUT2D eigenvalue weighted by atomic mass is 10.1. The highest BCUT2D eigenvalue weighted by Crippen LogP contribution is 2.33. The molecule has 3 heterocycles. The summed E-state index contributed by atoms with van der Waals surface area (Å²) in [5.41, 5.74) is 1.60. The predicted octanol–water partition coefficient (Wildman–Crippen LogP) is 1.45. The predicted molar refractivity (Wildman–Crippen MR) is 130 cm³/mol. The van der Waals surface area contributed by atoms with Gasteiger partial charge in [0, 0.05) is 33.4 Å². The molecule has 1 aliphatic rings. The number of aromatic amines is 1. The van der Waals surface area contributed by atoms with Crippen LogP contribution in [0.5, 0.6) is 5.75 Å². The number of aliphatic hydroxyl groups excluding tert-OH is 1. The van der Waals surface area contributed by atoms with Crippen molar-refractivity contribution in [3.8, 4) is 17.1 Å². The van der Waals surface area contributed by atoms with Crippen LogP contribution in [0.15, 0.2) is 27.9 Å². The summed E-state index contributed by atoms with van der Waals surface area (Å²) < 4.78 is 40.7. The molecular formula is C23H31N5O6S. The Hall–Kier alpha value is -2.80. The minimum absolute atomic E-state index is 0.0323. The van der Waals surface area contributed by atoms with E-state index in [1.54, 1.807) is 13.1 Å². The summed E-state index contributed by atoms with van der Waals surface area (Å²) in [5.74, 6) is 0.644. The molecule has 4 rings (SSSR count). The van der Waals surface area contributed by atoms with Gasteiger partial charge in [0.05, 0.1) is 28.9 Å². The number of ether oxygens (including phenoxy) is 2. The Balaban J connectivity index is 1.71. The number of aromatic nitrogens is 4. The van der Waals surface area contributed by atoms with Crippen LogP contribution in [0.25, 0.3) is 22.4 Å². The maximum absolute atomic E-state index is 13.2. The number of hydrogen-bond acceptors (Lipinski definition) is 8. The summed E-state index contributed by atoms with van der Waals surface area (Å²) >= 11 is 0. The molecule has 0 unspecified atom stereocenters. The lowest BCUT2D eigenvalue weighted by Crippen LogP contribution is -2.54. The maximum Gasteiger partial charge on any atom is 0.277 e. The molecule has 0 bridgehead atoms. The fourth-order valence-corrected chi connectivity index (χ4v) is 5.61. The van der Waals surface area contributed by atoms with Gasteiger partial charge in [-0.1, -0.05) is 13.3 Å². The smallest absolute Gasteiger partial charge is 0.277 e. The number of nitrogens with zero attached hydrogens (tertiary/aromatic N) is 4. The Kier molecular flexibility index (Phi) is 7.55.